The van der Waals surface area contributed by atoms with E-state index in [1.165, 1.54) is 7.11 Å². The Bertz CT molecular complexity index is 801. The largest absolute Gasteiger partial charge is 0.482 e. The van der Waals surface area contributed by atoms with E-state index >= 15 is 0 Å². The highest BCUT2D eigenvalue weighted by Crippen LogP contribution is 2.30. The lowest BCUT2D eigenvalue weighted by Crippen LogP contribution is -2.42. The van der Waals surface area contributed by atoms with Gasteiger partial charge in [-0.1, -0.05) is 48.0 Å². The van der Waals surface area contributed by atoms with Crippen LogP contribution in [0.1, 0.15) is 12.8 Å². The average Bonchev–Trinajstić information content (AvgIpc) is 2.72. The normalized spacial score (nSPS) is 14.7. The lowest BCUT2D eigenvalue weighted by Gasteiger charge is -2.30. The van der Waals surface area contributed by atoms with E-state index in [9.17, 15) is 9.59 Å². The van der Waals surface area contributed by atoms with E-state index in [-0.39, 0.29) is 24.4 Å². The van der Waals surface area contributed by atoms with Gasteiger partial charge in [-0.2, -0.15) is 0 Å². The molecule has 0 aromatic heterocycles. The number of halogens is 1. The van der Waals surface area contributed by atoms with Crippen LogP contribution in [0.2, 0.25) is 5.02 Å². The molecule has 2 aromatic carbocycles. The van der Waals surface area contributed by atoms with Crippen LogP contribution in [0, 0.1) is 5.92 Å². The molecule has 1 fully saturated rings. The van der Waals surface area contributed by atoms with Crippen molar-refractivity contribution in [2.45, 2.75) is 12.8 Å². The fourth-order valence-electron chi connectivity index (χ4n) is 3.19. The Kier molecular flexibility index (Phi) is 6.35. The topological polar surface area (TPSA) is 55.8 Å². The van der Waals surface area contributed by atoms with Gasteiger partial charge in [0.05, 0.1) is 18.1 Å². The Balaban J connectivity index is 1.54. The van der Waals surface area contributed by atoms with Gasteiger partial charge in [0.25, 0.3) is 5.91 Å². The number of benzene rings is 2. The van der Waals surface area contributed by atoms with Gasteiger partial charge in [0.2, 0.25) is 0 Å². The highest BCUT2D eigenvalue weighted by Gasteiger charge is 2.28. The number of carbonyl (C=O) groups excluding carboxylic acids is 2. The molecule has 0 saturated carbocycles. The van der Waals surface area contributed by atoms with E-state index in [0.29, 0.717) is 36.7 Å². The summed E-state index contributed by atoms with van der Waals surface area (Å²) in [6.07, 6.45) is 1.23. The molecule has 1 heterocycles. The molecule has 6 heteroatoms. The first kappa shape index (κ1) is 19.2. The summed E-state index contributed by atoms with van der Waals surface area (Å²) in [6.45, 7) is 0.985. The minimum Gasteiger partial charge on any atom is -0.482 e. The maximum Gasteiger partial charge on any atom is 0.308 e. The maximum atomic E-state index is 12.4. The number of nitrogens with zero attached hydrogens (tertiary/aromatic N) is 1. The monoisotopic (exact) mass is 387 g/mol. The standard InChI is InChI=1S/C21H22ClNO4/c1-26-21(25)16-9-11-23(12-10-16)20(24)14-27-19-8-7-17(13-18(19)22)15-5-3-2-4-6-15/h2-8,13,16H,9-12,14H2,1H3. The molecule has 1 saturated heterocycles. The molecule has 27 heavy (non-hydrogen) atoms. The number of amides is 1. The molecule has 3 rings (SSSR count). The molecule has 0 radical (unpaired) electrons. The number of piperidine rings is 1. The fourth-order valence-corrected chi connectivity index (χ4v) is 3.43. The first-order valence-corrected chi connectivity index (χ1v) is 9.29. The SMILES string of the molecule is COC(=O)C1CCN(C(=O)COc2ccc(-c3ccccc3)cc2Cl)CC1. The fraction of sp³-hybridized carbons (Fsp3) is 0.333. The average molecular weight is 388 g/mol. The zero-order valence-electron chi connectivity index (χ0n) is 15.2. The molecule has 5 nitrogen and oxygen atoms in total. The number of hydrogen-bond acceptors (Lipinski definition) is 4. The third kappa shape index (κ3) is 4.80. The molecule has 0 N–H and O–H groups in total. The van der Waals surface area contributed by atoms with Gasteiger partial charge >= 0.3 is 5.97 Å². The molecule has 0 atom stereocenters. The van der Waals surface area contributed by atoms with E-state index < -0.39 is 0 Å². The third-order valence-corrected chi connectivity index (χ3v) is 5.07. The van der Waals surface area contributed by atoms with Crippen LogP contribution in [0.5, 0.6) is 5.75 Å². The van der Waals surface area contributed by atoms with Crippen LogP contribution in [-0.4, -0.2) is 43.6 Å². The van der Waals surface area contributed by atoms with Gasteiger partial charge < -0.3 is 14.4 Å². The minimum absolute atomic E-state index is 0.0761. The number of rotatable bonds is 5. The summed E-state index contributed by atoms with van der Waals surface area (Å²) in [5.41, 5.74) is 2.06. The van der Waals surface area contributed by atoms with Crippen molar-refractivity contribution in [1.82, 2.24) is 4.90 Å². The van der Waals surface area contributed by atoms with E-state index in [4.69, 9.17) is 21.1 Å². The van der Waals surface area contributed by atoms with E-state index in [1.54, 1.807) is 11.0 Å². The molecule has 142 valence electrons. The number of likely N-dealkylation sites (tertiary alicyclic amines) is 1. The molecule has 1 aliphatic rings. The van der Waals surface area contributed by atoms with Crippen LogP contribution >= 0.6 is 11.6 Å². The van der Waals surface area contributed by atoms with Gasteiger partial charge in [-0.05, 0) is 36.1 Å². The molecule has 1 amide bonds. The van der Waals surface area contributed by atoms with Crippen LogP contribution < -0.4 is 4.74 Å². The highest BCUT2D eigenvalue weighted by atomic mass is 35.5. The molecule has 0 bridgehead atoms. The first-order chi connectivity index (χ1) is 13.1. The predicted molar refractivity (Wildman–Crippen MR) is 104 cm³/mol. The van der Waals surface area contributed by atoms with Crippen molar-refractivity contribution in [2.24, 2.45) is 5.92 Å². The highest BCUT2D eigenvalue weighted by molar-refractivity contribution is 6.32. The smallest absolute Gasteiger partial charge is 0.308 e. The number of methoxy groups -OCH3 is 1. The summed E-state index contributed by atoms with van der Waals surface area (Å²) < 4.78 is 10.4. The van der Waals surface area contributed by atoms with Crippen molar-refractivity contribution in [3.63, 3.8) is 0 Å². The second kappa shape index (κ2) is 8.91. The van der Waals surface area contributed by atoms with Crippen molar-refractivity contribution in [1.29, 1.82) is 0 Å². The molecule has 0 spiro atoms. The summed E-state index contributed by atoms with van der Waals surface area (Å²) >= 11 is 6.32. The lowest BCUT2D eigenvalue weighted by molar-refractivity contribution is -0.149. The molecule has 0 unspecified atom stereocenters. The van der Waals surface area contributed by atoms with Gasteiger partial charge in [0, 0.05) is 13.1 Å². The number of carbonyl (C=O) groups is 2. The van der Waals surface area contributed by atoms with Crippen molar-refractivity contribution >= 4 is 23.5 Å². The van der Waals surface area contributed by atoms with Gasteiger partial charge in [-0.25, -0.2) is 0 Å². The van der Waals surface area contributed by atoms with Crippen LogP contribution in [-0.2, 0) is 14.3 Å². The zero-order chi connectivity index (χ0) is 19.2. The summed E-state index contributed by atoms with van der Waals surface area (Å²) in [6, 6.07) is 15.4. The summed E-state index contributed by atoms with van der Waals surface area (Å²) in [4.78, 5) is 25.6. The van der Waals surface area contributed by atoms with E-state index in [2.05, 4.69) is 0 Å². The third-order valence-electron chi connectivity index (χ3n) is 4.77. The molecule has 2 aromatic rings. The number of hydrogen-bond donors (Lipinski definition) is 0. The van der Waals surface area contributed by atoms with Crippen LogP contribution in [0.3, 0.4) is 0 Å². The summed E-state index contributed by atoms with van der Waals surface area (Å²) in [5, 5.41) is 0.466. The Morgan fingerprint density at radius 1 is 1.07 bits per heavy atom. The Labute approximate surface area is 163 Å². The van der Waals surface area contributed by atoms with Crippen molar-refractivity contribution in [3.05, 3.63) is 53.6 Å². The van der Waals surface area contributed by atoms with Crippen LogP contribution in [0.15, 0.2) is 48.5 Å². The molecule has 0 aliphatic carbocycles. The predicted octanol–water partition coefficient (Wildman–Crippen LogP) is 3.80. The van der Waals surface area contributed by atoms with E-state index in [0.717, 1.165) is 11.1 Å². The Hall–Kier alpha value is -2.53. The van der Waals surface area contributed by atoms with Crippen LogP contribution in [0.25, 0.3) is 11.1 Å². The van der Waals surface area contributed by atoms with Gasteiger partial charge in [0.1, 0.15) is 5.75 Å². The zero-order valence-corrected chi connectivity index (χ0v) is 15.9. The number of esters is 1. The van der Waals surface area contributed by atoms with Crippen molar-refractivity contribution in [3.8, 4) is 16.9 Å². The Morgan fingerprint density at radius 3 is 2.41 bits per heavy atom. The quantitative estimate of drug-likeness (QED) is 0.732. The van der Waals surface area contributed by atoms with Gasteiger partial charge in [0.15, 0.2) is 6.61 Å². The molecular formula is C21H22ClNO4. The first-order valence-electron chi connectivity index (χ1n) is 8.92. The lowest BCUT2D eigenvalue weighted by atomic mass is 9.97. The van der Waals surface area contributed by atoms with Crippen LogP contribution in [0.4, 0.5) is 0 Å². The van der Waals surface area contributed by atoms with Crippen molar-refractivity contribution < 1.29 is 19.1 Å². The number of ether oxygens (including phenoxy) is 2. The van der Waals surface area contributed by atoms with Crippen molar-refractivity contribution in [2.75, 3.05) is 26.8 Å². The molecular weight excluding hydrogens is 366 g/mol. The maximum absolute atomic E-state index is 12.4. The molecule has 1 aliphatic heterocycles. The second-order valence-electron chi connectivity index (χ2n) is 6.48. The summed E-state index contributed by atoms with van der Waals surface area (Å²) in [7, 11) is 1.39. The van der Waals surface area contributed by atoms with E-state index in [1.807, 2.05) is 42.5 Å². The Morgan fingerprint density at radius 2 is 1.78 bits per heavy atom. The van der Waals surface area contributed by atoms with Gasteiger partial charge in [-0.15, -0.1) is 0 Å². The minimum atomic E-state index is -0.205. The second-order valence-corrected chi connectivity index (χ2v) is 6.89. The summed E-state index contributed by atoms with van der Waals surface area (Å²) in [5.74, 6) is 0.0410. The van der Waals surface area contributed by atoms with Gasteiger partial charge in [-0.3, -0.25) is 9.59 Å².